The quantitative estimate of drug-likeness (QED) is 0.897. The van der Waals surface area contributed by atoms with Crippen LogP contribution in [0.1, 0.15) is 17.7 Å². The zero-order valence-electron chi connectivity index (χ0n) is 12.9. The van der Waals surface area contributed by atoms with E-state index in [9.17, 15) is 17.6 Å². The lowest BCUT2D eigenvalue weighted by molar-refractivity contribution is -0.119. The summed E-state index contributed by atoms with van der Waals surface area (Å²) in [5.74, 6) is -0.906. The topological polar surface area (TPSA) is 79.4 Å². The molecule has 24 heavy (non-hydrogen) atoms. The molecule has 1 aliphatic heterocycles. The molecule has 1 fully saturated rings. The summed E-state index contributed by atoms with van der Waals surface area (Å²) in [6, 6.07) is 3.82. The summed E-state index contributed by atoms with van der Waals surface area (Å²) >= 11 is 1.33. The fourth-order valence-corrected chi connectivity index (χ4v) is 4.96. The molecule has 0 aliphatic carbocycles. The molecule has 1 N–H and O–H groups in total. The van der Waals surface area contributed by atoms with Crippen molar-refractivity contribution in [3.63, 3.8) is 0 Å². The number of nitrogens with one attached hydrogen (secondary N) is 1. The van der Waals surface area contributed by atoms with Crippen molar-refractivity contribution in [2.45, 2.75) is 30.7 Å². The van der Waals surface area contributed by atoms with Crippen LogP contribution in [0, 0.1) is 12.7 Å². The van der Waals surface area contributed by atoms with Crippen molar-refractivity contribution in [1.82, 2.24) is 9.29 Å². The number of sulfonamides is 1. The fraction of sp³-hybridized carbons (Fsp3) is 0.333. The van der Waals surface area contributed by atoms with Crippen molar-refractivity contribution in [1.29, 1.82) is 0 Å². The summed E-state index contributed by atoms with van der Waals surface area (Å²) < 4.78 is 39.7. The van der Waals surface area contributed by atoms with Gasteiger partial charge in [0.05, 0.1) is 4.90 Å². The SMILES string of the molecule is Cc1cnc(NC(=O)C2CCCN2S(=O)(=O)c2ccc(F)cc2)s1. The Balaban J connectivity index is 1.81. The maximum absolute atomic E-state index is 13.0. The molecular formula is C15H16FN3O3S2. The average Bonchev–Trinajstić information content (AvgIpc) is 3.17. The number of thiazole rings is 1. The smallest absolute Gasteiger partial charge is 0.244 e. The molecule has 3 rings (SSSR count). The zero-order valence-corrected chi connectivity index (χ0v) is 14.5. The number of aryl methyl sites for hydroxylation is 1. The molecule has 9 heteroatoms. The van der Waals surface area contributed by atoms with Gasteiger partial charge in [0.15, 0.2) is 5.13 Å². The molecule has 128 valence electrons. The number of nitrogens with zero attached hydrogens (tertiary/aromatic N) is 2. The molecule has 1 atom stereocenters. The molecule has 0 saturated carbocycles. The minimum Gasteiger partial charge on any atom is -0.301 e. The lowest BCUT2D eigenvalue weighted by Gasteiger charge is -2.23. The Bertz CT molecular complexity index is 849. The van der Waals surface area contributed by atoms with E-state index >= 15 is 0 Å². The third-order valence-electron chi connectivity index (χ3n) is 3.78. The summed E-state index contributed by atoms with van der Waals surface area (Å²) in [5, 5.41) is 3.12. The highest BCUT2D eigenvalue weighted by Gasteiger charge is 2.39. The van der Waals surface area contributed by atoms with Crippen LogP contribution in [-0.4, -0.2) is 36.2 Å². The Kier molecular flexibility index (Phi) is 4.66. The maximum atomic E-state index is 13.0. The van der Waals surface area contributed by atoms with E-state index in [2.05, 4.69) is 10.3 Å². The highest BCUT2D eigenvalue weighted by atomic mass is 32.2. The number of anilines is 1. The summed E-state index contributed by atoms with van der Waals surface area (Å²) in [5.41, 5.74) is 0. The lowest BCUT2D eigenvalue weighted by atomic mass is 10.2. The number of carbonyl (C=O) groups is 1. The first-order valence-electron chi connectivity index (χ1n) is 7.38. The fourth-order valence-electron chi connectivity index (χ4n) is 2.63. The Morgan fingerprint density at radius 1 is 1.38 bits per heavy atom. The molecule has 2 aromatic rings. The van der Waals surface area contributed by atoms with Gasteiger partial charge in [0.25, 0.3) is 0 Å². The first-order chi connectivity index (χ1) is 11.4. The van der Waals surface area contributed by atoms with Gasteiger partial charge in [0, 0.05) is 17.6 Å². The minimum absolute atomic E-state index is 0.0197. The van der Waals surface area contributed by atoms with Crippen LogP contribution in [0.5, 0.6) is 0 Å². The average molecular weight is 369 g/mol. The summed E-state index contributed by atoms with van der Waals surface area (Å²) in [6.07, 6.45) is 2.67. The largest absolute Gasteiger partial charge is 0.301 e. The monoisotopic (exact) mass is 369 g/mol. The molecule has 2 heterocycles. The zero-order chi connectivity index (χ0) is 17.3. The van der Waals surface area contributed by atoms with Gasteiger partial charge in [-0.05, 0) is 44.0 Å². The van der Waals surface area contributed by atoms with Crippen molar-refractivity contribution in [3.8, 4) is 0 Å². The number of hydrogen-bond donors (Lipinski definition) is 1. The molecule has 1 aromatic heterocycles. The van der Waals surface area contributed by atoms with Crippen LogP contribution in [-0.2, 0) is 14.8 Å². The molecule has 1 aliphatic rings. The predicted molar refractivity (Wildman–Crippen MR) is 88.8 cm³/mol. The molecule has 1 unspecified atom stereocenters. The molecule has 0 radical (unpaired) electrons. The van der Waals surface area contributed by atoms with Gasteiger partial charge in [-0.2, -0.15) is 4.31 Å². The number of halogens is 1. The van der Waals surface area contributed by atoms with Crippen LogP contribution in [0.15, 0.2) is 35.4 Å². The standard InChI is InChI=1S/C15H16FN3O3S2/c1-10-9-17-15(23-10)18-14(20)13-3-2-8-19(13)24(21,22)12-6-4-11(16)5-7-12/h4-7,9,13H,2-3,8H2,1H3,(H,17,18,20). The van der Waals surface area contributed by atoms with E-state index in [0.29, 0.717) is 18.0 Å². The number of carbonyl (C=O) groups excluding carboxylic acids is 1. The Hall–Kier alpha value is -1.84. The van der Waals surface area contributed by atoms with Crippen molar-refractivity contribution < 1.29 is 17.6 Å². The molecule has 1 amide bonds. The van der Waals surface area contributed by atoms with Crippen LogP contribution >= 0.6 is 11.3 Å². The minimum atomic E-state index is -3.85. The summed E-state index contributed by atoms with van der Waals surface area (Å²) in [4.78, 5) is 17.4. The van der Waals surface area contributed by atoms with E-state index < -0.39 is 27.8 Å². The Morgan fingerprint density at radius 2 is 2.08 bits per heavy atom. The van der Waals surface area contributed by atoms with Gasteiger partial charge in [0.2, 0.25) is 15.9 Å². The Labute approximate surface area is 143 Å². The first kappa shape index (κ1) is 17.0. The highest BCUT2D eigenvalue weighted by Crippen LogP contribution is 2.27. The number of aromatic nitrogens is 1. The number of hydrogen-bond acceptors (Lipinski definition) is 5. The van der Waals surface area contributed by atoms with E-state index in [-0.39, 0.29) is 11.4 Å². The van der Waals surface area contributed by atoms with Gasteiger partial charge < -0.3 is 5.32 Å². The van der Waals surface area contributed by atoms with Gasteiger partial charge in [-0.25, -0.2) is 17.8 Å². The predicted octanol–water partition coefficient (Wildman–Crippen LogP) is 2.38. The molecule has 6 nitrogen and oxygen atoms in total. The number of benzene rings is 1. The van der Waals surface area contributed by atoms with Crippen molar-refractivity contribution in [2.24, 2.45) is 0 Å². The van der Waals surface area contributed by atoms with Gasteiger partial charge >= 0.3 is 0 Å². The van der Waals surface area contributed by atoms with E-state index in [0.717, 1.165) is 17.0 Å². The van der Waals surface area contributed by atoms with E-state index in [1.807, 2.05) is 6.92 Å². The lowest BCUT2D eigenvalue weighted by Crippen LogP contribution is -2.43. The summed E-state index contributed by atoms with van der Waals surface area (Å²) in [7, 11) is -3.85. The second-order valence-corrected chi connectivity index (χ2v) is 8.62. The van der Waals surface area contributed by atoms with Crippen LogP contribution in [0.4, 0.5) is 9.52 Å². The van der Waals surface area contributed by atoms with Gasteiger partial charge in [-0.15, -0.1) is 11.3 Å². The third kappa shape index (κ3) is 3.33. The molecule has 1 aromatic carbocycles. The number of amides is 1. The summed E-state index contributed by atoms with van der Waals surface area (Å²) in [6.45, 7) is 2.13. The van der Waals surface area contributed by atoms with Crippen LogP contribution in [0.3, 0.4) is 0 Å². The van der Waals surface area contributed by atoms with Crippen LogP contribution < -0.4 is 5.32 Å². The second kappa shape index (κ2) is 6.58. The van der Waals surface area contributed by atoms with Crippen molar-refractivity contribution in [2.75, 3.05) is 11.9 Å². The van der Waals surface area contributed by atoms with Crippen LogP contribution in [0.25, 0.3) is 0 Å². The second-order valence-electron chi connectivity index (χ2n) is 5.49. The van der Waals surface area contributed by atoms with Gasteiger partial charge in [0.1, 0.15) is 11.9 Å². The van der Waals surface area contributed by atoms with Crippen molar-refractivity contribution >= 4 is 32.4 Å². The maximum Gasteiger partial charge on any atom is 0.244 e. The van der Waals surface area contributed by atoms with Gasteiger partial charge in [-0.3, -0.25) is 4.79 Å². The van der Waals surface area contributed by atoms with Crippen molar-refractivity contribution in [3.05, 3.63) is 41.2 Å². The van der Waals surface area contributed by atoms with Gasteiger partial charge in [-0.1, -0.05) is 0 Å². The van der Waals surface area contributed by atoms with E-state index in [1.165, 1.54) is 27.8 Å². The normalized spacial score (nSPS) is 18.7. The highest BCUT2D eigenvalue weighted by molar-refractivity contribution is 7.89. The van der Waals surface area contributed by atoms with E-state index in [1.54, 1.807) is 6.20 Å². The van der Waals surface area contributed by atoms with Crippen LogP contribution in [0.2, 0.25) is 0 Å². The Morgan fingerprint density at radius 3 is 2.71 bits per heavy atom. The number of rotatable bonds is 4. The molecular weight excluding hydrogens is 353 g/mol. The first-order valence-corrected chi connectivity index (χ1v) is 9.64. The van der Waals surface area contributed by atoms with E-state index in [4.69, 9.17) is 0 Å². The molecule has 0 bridgehead atoms. The molecule has 1 saturated heterocycles. The molecule has 0 spiro atoms. The third-order valence-corrected chi connectivity index (χ3v) is 6.53.